The van der Waals surface area contributed by atoms with Crippen molar-refractivity contribution >= 4 is 37.1 Å². The first kappa shape index (κ1) is 43.2. The van der Waals surface area contributed by atoms with Crippen LogP contribution in [0.15, 0.2) is 46.2 Å². The molecule has 0 unspecified atom stereocenters. The van der Waals surface area contributed by atoms with Gasteiger partial charge in [0.1, 0.15) is 5.60 Å². The van der Waals surface area contributed by atoms with Crippen LogP contribution in [0.1, 0.15) is 57.6 Å². The number of ether oxygens (including phenoxy) is 1. The lowest BCUT2D eigenvalue weighted by Gasteiger charge is -2.34. The molecule has 1 amide bonds. The minimum absolute atomic E-state index is 0. The van der Waals surface area contributed by atoms with E-state index >= 15 is 0 Å². The number of quaternary nitrogens is 1. The second kappa shape index (κ2) is 16.6. The summed E-state index contributed by atoms with van der Waals surface area (Å²) in [6, 6.07) is 6.40. The third-order valence-electron chi connectivity index (χ3n) is 7.70. The summed E-state index contributed by atoms with van der Waals surface area (Å²) in [7, 11) is -7.92. The van der Waals surface area contributed by atoms with E-state index in [1.165, 1.54) is 12.1 Å². The predicted octanol–water partition coefficient (Wildman–Crippen LogP) is 2.17. The summed E-state index contributed by atoms with van der Waals surface area (Å²) < 4.78 is 130. The van der Waals surface area contributed by atoms with E-state index in [1.807, 2.05) is 0 Å². The van der Waals surface area contributed by atoms with Gasteiger partial charge >= 0.3 is 18.4 Å². The minimum atomic E-state index is -4.78. The number of nitrogens with two attached hydrogens (primary N) is 1. The van der Waals surface area contributed by atoms with Crippen LogP contribution in [0.25, 0.3) is 0 Å². The Kier molecular flexibility index (Phi) is 14.3. The molecule has 0 bridgehead atoms. The number of anilines is 2. The maximum atomic E-state index is 13.3. The van der Waals surface area contributed by atoms with E-state index in [0.29, 0.717) is 31.6 Å². The van der Waals surface area contributed by atoms with Gasteiger partial charge in [-0.05, 0) is 70.0 Å². The SMILES string of the molecule is CC(C)(C)OC(=O)N1CCC(Nc2ccc(S(C)(=O)=O)c(C(F)(F)F)c2)CC1.CS(=O)(=O)c1ccc(NC2CC[NH2+]CC2)cc1C(F)(F)F.[Cl-]. The fourth-order valence-corrected chi connectivity index (χ4v) is 7.18. The van der Waals surface area contributed by atoms with Crippen LogP contribution in [-0.4, -0.2) is 84.2 Å². The molecule has 0 saturated carbocycles. The number of benzene rings is 2. The van der Waals surface area contributed by atoms with Crippen LogP contribution in [0.5, 0.6) is 0 Å². The van der Waals surface area contributed by atoms with Gasteiger partial charge in [-0.25, -0.2) is 21.6 Å². The molecule has 2 aromatic carbocycles. The maximum absolute atomic E-state index is 13.3. The van der Waals surface area contributed by atoms with Crippen LogP contribution in [-0.2, 0) is 36.8 Å². The number of hydrogen-bond donors (Lipinski definition) is 3. The van der Waals surface area contributed by atoms with E-state index in [9.17, 15) is 48.0 Å². The Labute approximate surface area is 294 Å². The zero-order valence-electron chi connectivity index (χ0n) is 28.2. The van der Waals surface area contributed by atoms with Crippen molar-refractivity contribution in [2.24, 2.45) is 0 Å². The zero-order valence-corrected chi connectivity index (χ0v) is 30.6. The highest BCUT2D eigenvalue weighted by Crippen LogP contribution is 2.37. The number of hydrogen-bond acceptors (Lipinski definition) is 8. The summed E-state index contributed by atoms with van der Waals surface area (Å²) in [6.45, 7) is 8.03. The first-order chi connectivity index (χ1) is 22.3. The molecule has 0 spiro atoms. The number of amides is 1. The molecule has 0 aromatic heterocycles. The van der Waals surface area contributed by atoms with Gasteiger partial charge < -0.3 is 38.0 Å². The molecule has 0 aliphatic carbocycles. The maximum Gasteiger partial charge on any atom is 0.417 e. The lowest BCUT2D eigenvalue weighted by Crippen LogP contribution is -3.00. The van der Waals surface area contributed by atoms with Crippen molar-refractivity contribution in [1.29, 1.82) is 0 Å². The molecule has 2 aromatic rings. The van der Waals surface area contributed by atoms with Gasteiger partial charge in [-0.3, -0.25) is 0 Å². The molecule has 284 valence electrons. The molecule has 50 heavy (non-hydrogen) atoms. The quantitative estimate of drug-likeness (QED) is 0.380. The van der Waals surface area contributed by atoms with Crippen LogP contribution in [0, 0.1) is 0 Å². The summed E-state index contributed by atoms with van der Waals surface area (Å²) in [4.78, 5) is 12.2. The molecule has 2 heterocycles. The molecule has 2 aliphatic heterocycles. The van der Waals surface area contributed by atoms with Gasteiger partial charge in [-0.2, -0.15) is 26.3 Å². The summed E-state index contributed by atoms with van der Waals surface area (Å²) in [5, 5.41) is 8.22. The summed E-state index contributed by atoms with van der Waals surface area (Å²) >= 11 is 0. The highest BCUT2D eigenvalue weighted by atomic mass is 35.5. The highest BCUT2D eigenvalue weighted by molar-refractivity contribution is 7.91. The first-order valence-electron chi connectivity index (χ1n) is 15.5. The Morgan fingerprint density at radius 2 is 1.12 bits per heavy atom. The molecule has 19 heteroatoms. The van der Waals surface area contributed by atoms with Crippen molar-refractivity contribution in [3.63, 3.8) is 0 Å². The Hall–Kier alpha value is -2.96. The molecule has 2 saturated heterocycles. The normalized spacial score (nSPS) is 16.8. The summed E-state index contributed by atoms with van der Waals surface area (Å²) in [5.41, 5.74) is -2.40. The number of halogens is 7. The predicted molar refractivity (Wildman–Crippen MR) is 172 cm³/mol. The fourth-order valence-electron chi connectivity index (χ4n) is 5.40. The number of nitrogens with one attached hydrogen (secondary N) is 2. The molecule has 4 rings (SSSR count). The number of carbonyl (C=O) groups is 1. The van der Waals surface area contributed by atoms with E-state index in [0.717, 1.165) is 62.7 Å². The zero-order chi connectivity index (χ0) is 37.0. The van der Waals surface area contributed by atoms with Crippen LogP contribution < -0.4 is 28.4 Å². The van der Waals surface area contributed by atoms with Crippen molar-refractivity contribution in [3.8, 4) is 0 Å². The summed E-state index contributed by atoms with van der Waals surface area (Å²) in [5.74, 6) is 0. The van der Waals surface area contributed by atoms with E-state index in [1.54, 1.807) is 25.7 Å². The Balaban J connectivity index is 0.000000353. The molecule has 2 fully saturated rings. The monoisotopic (exact) mass is 780 g/mol. The summed E-state index contributed by atoms with van der Waals surface area (Å²) in [6.07, 6.45) is -5.55. The Bertz CT molecular complexity index is 1690. The standard InChI is InChI=1S/C18H25F3N2O4S.C13H17F3N2O2S.ClH/c1-17(2,3)27-16(24)23-9-7-12(8-10-23)22-13-5-6-15(28(4,25)26)14(11-13)18(19,20)21;1-21(19,20)12-3-2-10(8-11(12)13(14,15)16)18-9-4-6-17-7-5-9;/h5-6,11-12,22H,7-10H2,1-4H3;2-3,8-9,17-18H,4-7H2,1H3;1H. The third kappa shape index (κ3) is 13.0. The first-order valence-corrected chi connectivity index (χ1v) is 19.3. The van der Waals surface area contributed by atoms with Gasteiger partial charge in [-0.1, -0.05) is 0 Å². The fraction of sp³-hybridized carbons (Fsp3) is 0.581. The number of rotatable bonds is 6. The number of alkyl halides is 6. The van der Waals surface area contributed by atoms with Crippen molar-refractivity contribution in [2.45, 2.75) is 86.3 Å². The third-order valence-corrected chi connectivity index (χ3v) is 10.0. The van der Waals surface area contributed by atoms with Gasteiger partial charge in [-0.15, -0.1) is 0 Å². The average Bonchev–Trinajstić information content (AvgIpc) is 2.95. The van der Waals surface area contributed by atoms with Crippen molar-refractivity contribution in [1.82, 2.24) is 4.90 Å². The van der Waals surface area contributed by atoms with Crippen molar-refractivity contribution in [2.75, 3.05) is 49.3 Å². The van der Waals surface area contributed by atoms with Crippen molar-refractivity contribution in [3.05, 3.63) is 47.5 Å². The lowest BCUT2D eigenvalue weighted by atomic mass is 10.0. The molecule has 2 aliphatic rings. The largest absolute Gasteiger partial charge is 1.00 e. The highest BCUT2D eigenvalue weighted by Gasteiger charge is 2.38. The number of carbonyl (C=O) groups excluding carboxylic acids is 1. The van der Waals surface area contributed by atoms with Crippen LogP contribution in [0.2, 0.25) is 0 Å². The molecular formula is C31H43ClF6N4O6S2. The second-order valence-corrected chi connectivity index (χ2v) is 17.1. The number of sulfone groups is 2. The number of nitrogens with zero attached hydrogens (tertiary/aromatic N) is 1. The van der Waals surface area contributed by atoms with Crippen LogP contribution >= 0.6 is 0 Å². The average molecular weight is 781 g/mol. The lowest BCUT2D eigenvalue weighted by molar-refractivity contribution is -0.662. The smallest absolute Gasteiger partial charge is 0.417 e. The van der Waals surface area contributed by atoms with Gasteiger partial charge in [0.05, 0.1) is 34.0 Å². The van der Waals surface area contributed by atoms with Gasteiger partial charge in [0.2, 0.25) is 0 Å². The van der Waals surface area contributed by atoms with Gasteiger partial charge in [0.15, 0.2) is 19.7 Å². The Morgan fingerprint density at radius 1 is 0.740 bits per heavy atom. The molecule has 0 atom stereocenters. The minimum Gasteiger partial charge on any atom is -1.00 e. The number of piperidine rings is 2. The van der Waals surface area contributed by atoms with Crippen molar-refractivity contribution < 1.29 is 70.4 Å². The van der Waals surface area contributed by atoms with Crippen LogP contribution in [0.3, 0.4) is 0 Å². The Morgan fingerprint density at radius 3 is 1.46 bits per heavy atom. The second-order valence-electron chi connectivity index (χ2n) is 13.1. The molecular weight excluding hydrogens is 738 g/mol. The van der Waals surface area contributed by atoms with E-state index < -0.39 is 64.6 Å². The van der Waals surface area contributed by atoms with E-state index in [4.69, 9.17) is 4.74 Å². The molecule has 0 radical (unpaired) electrons. The topological polar surface area (TPSA) is 138 Å². The van der Waals surface area contributed by atoms with E-state index in [-0.39, 0.29) is 30.2 Å². The molecule has 10 nitrogen and oxygen atoms in total. The van der Waals surface area contributed by atoms with Gasteiger partial charge in [0.25, 0.3) is 0 Å². The number of likely N-dealkylation sites (tertiary alicyclic amines) is 1. The van der Waals surface area contributed by atoms with E-state index in [2.05, 4.69) is 16.0 Å². The van der Waals surface area contributed by atoms with Crippen LogP contribution in [0.4, 0.5) is 42.5 Å². The molecule has 4 N–H and O–H groups in total. The van der Waals surface area contributed by atoms with Gasteiger partial charge in [0, 0.05) is 61.9 Å².